The van der Waals surface area contributed by atoms with Gasteiger partial charge in [0.2, 0.25) is 0 Å². The van der Waals surface area contributed by atoms with Crippen LogP contribution in [0.2, 0.25) is 0 Å². The van der Waals surface area contributed by atoms with Crippen LogP contribution < -0.4 is 11.1 Å². The van der Waals surface area contributed by atoms with E-state index in [1.165, 1.54) is 6.07 Å². The Morgan fingerprint density at radius 1 is 1.21 bits per heavy atom. The average Bonchev–Trinajstić information content (AvgIpc) is 2.36. The van der Waals surface area contributed by atoms with Crippen LogP contribution in [0.5, 0.6) is 0 Å². The molecule has 0 saturated heterocycles. The molecule has 4 nitrogen and oxygen atoms in total. The van der Waals surface area contributed by atoms with E-state index in [1.807, 2.05) is 0 Å². The van der Waals surface area contributed by atoms with Crippen molar-refractivity contribution >= 4 is 11.8 Å². The fourth-order valence-corrected chi connectivity index (χ4v) is 2.31. The Morgan fingerprint density at radius 2 is 1.89 bits per heavy atom. The molecule has 104 valence electrons. The van der Waals surface area contributed by atoms with Gasteiger partial charge in [-0.2, -0.15) is 0 Å². The molecule has 1 fully saturated rings. The van der Waals surface area contributed by atoms with Gasteiger partial charge in [-0.1, -0.05) is 0 Å². The number of primary amides is 1. The molecule has 0 radical (unpaired) electrons. The monoisotopic (exact) mass is 270 g/mol. The van der Waals surface area contributed by atoms with E-state index >= 15 is 0 Å². The fraction of sp³-hybridized carbons (Fsp3) is 0.462. The van der Waals surface area contributed by atoms with Crippen LogP contribution in [-0.4, -0.2) is 18.2 Å². The van der Waals surface area contributed by atoms with E-state index in [9.17, 15) is 13.6 Å². The Kier molecular flexibility index (Phi) is 4.19. The summed E-state index contributed by atoms with van der Waals surface area (Å²) in [6.45, 7) is 0. The second kappa shape index (κ2) is 5.86. The molecule has 1 saturated carbocycles. The Balaban J connectivity index is 1.85. The molecule has 1 aliphatic carbocycles. The lowest BCUT2D eigenvalue weighted by Crippen LogP contribution is -2.32. The van der Waals surface area contributed by atoms with Crippen LogP contribution in [-0.2, 0) is 4.74 Å². The van der Waals surface area contributed by atoms with Crippen molar-refractivity contribution in [2.24, 2.45) is 5.73 Å². The number of nitrogens with two attached hydrogens (primary N) is 1. The molecular formula is C13H16F2N2O2. The van der Waals surface area contributed by atoms with Crippen molar-refractivity contribution in [3.05, 3.63) is 29.8 Å². The lowest BCUT2D eigenvalue weighted by atomic mass is 9.93. The van der Waals surface area contributed by atoms with Crippen LogP contribution >= 0.6 is 0 Å². The summed E-state index contributed by atoms with van der Waals surface area (Å²) in [6.07, 6.45) is 2.11. The number of nitrogens with one attached hydrogen (secondary N) is 1. The van der Waals surface area contributed by atoms with Crippen LogP contribution in [0.25, 0.3) is 0 Å². The molecule has 2 rings (SSSR count). The van der Waals surface area contributed by atoms with E-state index in [-0.39, 0.29) is 12.1 Å². The van der Waals surface area contributed by atoms with Crippen molar-refractivity contribution in [3.63, 3.8) is 0 Å². The molecule has 1 amide bonds. The van der Waals surface area contributed by atoms with Crippen molar-refractivity contribution in [3.8, 4) is 0 Å². The summed E-state index contributed by atoms with van der Waals surface area (Å²) in [5.41, 5.74) is 5.51. The minimum atomic E-state index is -0.865. The smallest absolute Gasteiger partial charge is 0.404 e. The van der Waals surface area contributed by atoms with Gasteiger partial charge in [-0.05, 0) is 37.8 Å². The van der Waals surface area contributed by atoms with Gasteiger partial charge in [0, 0.05) is 17.8 Å². The molecule has 0 atom stereocenters. The Labute approximate surface area is 109 Å². The molecule has 1 aromatic carbocycles. The first-order valence-corrected chi connectivity index (χ1v) is 6.22. The maximum atomic E-state index is 13.1. The van der Waals surface area contributed by atoms with Crippen LogP contribution in [0.4, 0.5) is 19.3 Å². The molecule has 0 aliphatic heterocycles. The van der Waals surface area contributed by atoms with Crippen LogP contribution in [0.3, 0.4) is 0 Å². The van der Waals surface area contributed by atoms with E-state index in [4.69, 9.17) is 10.5 Å². The van der Waals surface area contributed by atoms with Gasteiger partial charge >= 0.3 is 6.09 Å². The first-order chi connectivity index (χ1) is 9.04. The summed E-state index contributed by atoms with van der Waals surface area (Å²) in [5.74, 6) is -1.72. The number of hydrogen-bond donors (Lipinski definition) is 2. The minimum Gasteiger partial charge on any atom is -0.446 e. The van der Waals surface area contributed by atoms with Gasteiger partial charge in [-0.15, -0.1) is 0 Å². The molecule has 0 spiro atoms. The molecule has 0 heterocycles. The lowest BCUT2D eigenvalue weighted by molar-refractivity contribution is 0.0806. The van der Waals surface area contributed by atoms with E-state index in [1.54, 1.807) is 0 Å². The maximum Gasteiger partial charge on any atom is 0.404 e. The summed E-state index contributed by atoms with van der Waals surface area (Å²) in [5, 5.41) is 3.14. The fourth-order valence-electron chi connectivity index (χ4n) is 2.31. The highest BCUT2D eigenvalue weighted by atomic mass is 19.2. The number of hydrogen-bond acceptors (Lipinski definition) is 3. The predicted molar refractivity (Wildman–Crippen MR) is 66.7 cm³/mol. The Bertz CT molecular complexity index is 460. The molecule has 0 bridgehead atoms. The molecule has 1 aliphatic rings. The van der Waals surface area contributed by atoms with Gasteiger partial charge < -0.3 is 15.8 Å². The van der Waals surface area contributed by atoms with Crippen molar-refractivity contribution in [2.75, 3.05) is 5.32 Å². The maximum absolute atomic E-state index is 13.1. The van der Waals surface area contributed by atoms with Crippen molar-refractivity contribution < 1.29 is 18.3 Å². The number of ether oxygens (including phenoxy) is 1. The number of halogens is 2. The van der Waals surface area contributed by atoms with E-state index < -0.39 is 17.7 Å². The van der Waals surface area contributed by atoms with Crippen molar-refractivity contribution in [2.45, 2.75) is 37.8 Å². The molecule has 0 aromatic heterocycles. The number of anilines is 1. The molecule has 19 heavy (non-hydrogen) atoms. The highest BCUT2D eigenvalue weighted by Gasteiger charge is 2.23. The number of benzene rings is 1. The van der Waals surface area contributed by atoms with Gasteiger partial charge in [0.25, 0.3) is 0 Å². The third-order valence-electron chi connectivity index (χ3n) is 3.25. The summed E-state index contributed by atoms with van der Waals surface area (Å²) in [7, 11) is 0. The summed E-state index contributed by atoms with van der Waals surface area (Å²) in [6, 6.07) is 3.91. The zero-order valence-corrected chi connectivity index (χ0v) is 10.4. The first kappa shape index (κ1) is 13.6. The van der Waals surface area contributed by atoms with Gasteiger partial charge in [0.1, 0.15) is 6.10 Å². The number of rotatable bonds is 3. The molecular weight excluding hydrogens is 254 g/mol. The molecule has 6 heteroatoms. The molecule has 0 unspecified atom stereocenters. The third-order valence-corrected chi connectivity index (χ3v) is 3.25. The normalized spacial score (nSPS) is 22.8. The first-order valence-electron chi connectivity index (χ1n) is 6.22. The summed E-state index contributed by atoms with van der Waals surface area (Å²) in [4.78, 5) is 10.6. The van der Waals surface area contributed by atoms with Gasteiger partial charge in [0.05, 0.1) is 0 Å². The predicted octanol–water partition coefficient (Wildman–Crippen LogP) is 2.78. The SMILES string of the molecule is NC(=O)OC1CCC(Nc2ccc(F)c(F)c2)CC1. The summed E-state index contributed by atoms with van der Waals surface area (Å²) >= 11 is 0. The van der Waals surface area contributed by atoms with Crippen molar-refractivity contribution in [1.29, 1.82) is 0 Å². The van der Waals surface area contributed by atoms with Gasteiger partial charge in [-0.3, -0.25) is 0 Å². The van der Waals surface area contributed by atoms with Gasteiger partial charge in [0.15, 0.2) is 11.6 Å². The van der Waals surface area contributed by atoms with E-state index in [0.29, 0.717) is 18.5 Å². The zero-order chi connectivity index (χ0) is 13.8. The van der Waals surface area contributed by atoms with E-state index in [2.05, 4.69) is 5.32 Å². The highest BCUT2D eigenvalue weighted by molar-refractivity contribution is 5.64. The Morgan fingerprint density at radius 3 is 2.47 bits per heavy atom. The second-order valence-electron chi connectivity index (χ2n) is 4.68. The number of amides is 1. The zero-order valence-electron chi connectivity index (χ0n) is 10.4. The quantitative estimate of drug-likeness (QED) is 0.887. The standard InChI is InChI=1S/C13H16F2N2O2/c14-11-6-3-9(7-12(11)15)17-8-1-4-10(5-2-8)19-13(16)18/h3,6-8,10,17H,1-2,4-5H2,(H2,16,18). The summed E-state index contributed by atoms with van der Waals surface area (Å²) < 4.78 is 30.8. The minimum absolute atomic E-state index is 0.138. The van der Waals surface area contributed by atoms with Crippen LogP contribution in [0.15, 0.2) is 18.2 Å². The average molecular weight is 270 g/mol. The van der Waals surface area contributed by atoms with Crippen molar-refractivity contribution in [1.82, 2.24) is 0 Å². The lowest BCUT2D eigenvalue weighted by Gasteiger charge is -2.29. The molecule has 1 aromatic rings. The Hall–Kier alpha value is -1.85. The topological polar surface area (TPSA) is 64.4 Å². The number of carbonyl (C=O) groups excluding carboxylic acids is 1. The largest absolute Gasteiger partial charge is 0.446 e. The van der Waals surface area contributed by atoms with E-state index in [0.717, 1.165) is 25.0 Å². The number of carbonyl (C=O) groups is 1. The van der Waals surface area contributed by atoms with Crippen LogP contribution in [0, 0.1) is 11.6 Å². The van der Waals surface area contributed by atoms with Crippen LogP contribution in [0.1, 0.15) is 25.7 Å². The molecule has 3 N–H and O–H groups in total. The van der Waals surface area contributed by atoms with Gasteiger partial charge in [-0.25, -0.2) is 13.6 Å². The second-order valence-corrected chi connectivity index (χ2v) is 4.68. The third kappa shape index (κ3) is 3.81. The highest BCUT2D eigenvalue weighted by Crippen LogP contribution is 2.24.